The van der Waals surface area contributed by atoms with E-state index in [1.165, 1.54) is 5.56 Å². The molecular weight excluding hydrogens is 332 g/mol. The van der Waals surface area contributed by atoms with Crippen molar-refractivity contribution in [3.8, 4) is 0 Å². The number of nitrogens with one attached hydrogen (secondary N) is 2. The van der Waals surface area contributed by atoms with Crippen molar-refractivity contribution in [3.63, 3.8) is 0 Å². The van der Waals surface area contributed by atoms with Crippen molar-refractivity contribution in [1.29, 1.82) is 0 Å². The zero-order valence-electron chi connectivity index (χ0n) is 14.0. The fourth-order valence-corrected chi connectivity index (χ4v) is 3.17. The second-order valence-corrected chi connectivity index (χ2v) is 6.68. The van der Waals surface area contributed by atoms with Crippen LogP contribution in [0.3, 0.4) is 0 Å². The van der Waals surface area contributed by atoms with Crippen molar-refractivity contribution in [2.75, 3.05) is 0 Å². The quantitative estimate of drug-likeness (QED) is 0.593. The number of aryl methyl sites for hydroxylation is 1. The highest BCUT2D eigenvalue weighted by Gasteiger charge is 2.20. The predicted molar refractivity (Wildman–Crippen MR) is 104 cm³/mol. The first kappa shape index (κ1) is 17.2. The molecule has 4 nitrogen and oxygen atoms in total. The molecule has 1 atom stereocenters. The van der Waals surface area contributed by atoms with Gasteiger partial charge in [0.2, 0.25) is 0 Å². The Morgan fingerprint density at radius 1 is 1.20 bits per heavy atom. The Bertz CT molecular complexity index is 899. The van der Waals surface area contributed by atoms with E-state index in [2.05, 4.69) is 10.3 Å². The first-order chi connectivity index (χ1) is 12.0. The van der Waals surface area contributed by atoms with Crippen molar-refractivity contribution in [3.05, 3.63) is 71.4 Å². The molecule has 3 N–H and O–H groups in total. The summed E-state index contributed by atoms with van der Waals surface area (Å²) in [6.07, 6.45) is 2.77. The van der Waals surface area contributed by atoms with Gasteiger partial charge in [-0.25, -0.2) is 4.79 Å². The van der Waals surface area contributed by atoms with Crippen molar-refractivity contribution in [2.45, 2.75) is 25.8 Å². The van der Waals surface area contributed by atoms with E-state index < -0.39 is 12.0 Å². The molecule has 0 aliphatic carbocycles. The van der Waals surface area contributed by atoms with Gasteiger partial charge in [0.05, 0.1) is 4.99 Å². The first-order valence-corrected chi connectivity index (χ1v) is 8.56. The molecule has 0 amide bonds. The minimum absolute atomic E-state index is 0.368. The summed E-state index contributed by atoms with van der Waals surface area (Å²) in [6.45, 7) is 2.03. The molecule has 2 aromatic carbocycles. The van der Waals surface area contributed by atoms with Gasteiger partial charge in [0.1, 0.15) is 6.04 Å². The van der Waals surface area contributed by atoms with Crippen molar-refractivity contribution in [2.24, 2.45) is 0 Å². The van der Waals surface area contributed by atoms with Gasteiger partial charge in [-0.15, -0.1) is 0 Å². The van der Waals surface area contributed by atoms with Crippen LogP contribution in [-0.2, 0) is 17.6 Å². The molecule has 5 heteroatoms. The number of carboxylic acids is 1. The standard InChI is InChI=1S/C20H20N2O2S/c1-13-6-8-14(9-7-13)10-19(25)22-18(20(23)24)11-15-12-21-17-5-3-2-4-16(15)17/h2-9,12,18,21H,10-11H2,1H3,(H,22,25)(H,23,24)/t18-/m0/s1. The number of para-hydroxylation sites is 1. The number of hydrogen-bond acceptors (Lipinski definition) is 2. The summed E-state index contributed by atoms with van der Waals surface area (Å²) in [5, 5.41) is 13.6. The largest absolute Gasteiger partial charge is 0.480 e. The van der Waals surface area contributed by atoms with Gasteiger partial charge < -0.3 is 15.4 Å². The van der Waals surface area contributed by atoms with Gasteiger partial charge in [-0.1, -0.05) is 60.2 Å². The second-order valence-electron chi connectivity index (χ2n) is 6.18. The molecule has 0 aliphatic rings. The maximum Gasteiger partial charge on any atom is 0.326 e. The monoisotopic (exact) mass is 352 g/mol. The molecule has 3 aromatic rings. The highest BCUT2D eigenvalue weighted by molar-refractivity contribution is 7.80. The summed E-state index contributed by atoms with van der Waals surface area (Å²) in [6, 6.07) is 15.2. The zero-order valence-corrected chi connectivity index (χ0v) is 14.8. The van der Waals surface area contributed by atoms with Crippen molar-refractivity contribution in [1.82, 2.24) is 10.3 Å². The Balaban J connectivity index is 1.69. The van der Waals surface area contributed by atoms with Gasteiger partial charge in [-0.3, -0.25) is 0 Å². The van der Waals surface area contributed by atoms with Gasteiger partial charge in [-0.05, 0) is 24.1 Å². The molecule has 0 bridgehead atoms. The number of hydrogen-bond donors (Lipinski definition) is 3. The van der Waals surface area contributed by atoms with Crippen LogP contribution >= 0.6 is 12.2 Å². The number of aliphatic carboxylic acids is 1. The summed E-state index contributed by atoms with van der Waals surface area (Å²) < 4.78 is 0. The van der Waals surface area contributed by atoms with Crippen LogP contribution in [0.15, 0.2) is 54.7 Å². The Morgan fingerprint density at radius 2 is 1.92 bits per heavy atom. The van der Waals surface area contributed by atoms with Crippen LogP contribution in [0.1, 0.15) is 16.7 Å². The highest BCUT2D eigenvalue weighted by Crippen LogP contribution is 2.19. The maximum absolute atomic E-state index is 11.7. The molecule has 128 valence electrons. The molecule has 0 radical (unpaired) electrons. The lowest BCUT2D eigenvalue weighted by atomic mass is 10.0. The topological polar surface area (TPSA) is 65.1 Å². The summed E-state index contributed by atoms with van der Waals surface area (Å²) in [4.78, 5) is 15.4. The summed E-state index contributed by atoms with van der Waals surface area (Å²) in [5.74, 6) is -0.906. The van der Waals surface area contributed by atoms with Crippen LogP contribution in [0.2, 0.25) is 0 Å². The minimum atomic E-state index is -0.906. The number of H-pyrrole nitrogens is 1. The third-order valence-corrected chi connectivity index (χ3v) is 4.48. The molecule has 25 heavy (non-hydrogen) atoms. The average molecular weight is 352 g/mol. The van der Waals surface area contributed by atoms with E-state index in [4.69, 9.17) is 12.2 Å². The van der Waals surface area contributed by atoms with E-state index >= 15 is 0 Å². The summed E-state index contributed by atoms with van der Waals surface area (Å²) in [5.41, 5.74) is 4.22. The number of benzene rings is 2. The summed E-state index contributed by atoms with van der Waals surface area (Å²) >= 11 is 5.37. The van der Waals surface area contributed by atoms with Crippen LogP contribution in [0.25, 0.3) is 10.9 Å². The third kappa shape index (κ3) is 4.25. The average Bonchev–Trinajstić information content (AvgIpc) is 2.99. The van der Waals surface area contributed by atoms with Gasteiger partial charge in [0.25, 0.3) is 0 Å². The van der Waals surface area contributed by atoms with Crippen LogP contribution in [-0.4, -0.2) is 27.1 Å². The zero-order chi connectivity index (χ0) is 17.8. The van der Waals surface area contributed by atoms with Crippen LogP contribution < -0.4 is 5.32 Å². The van der Waals surface area contributed by atoms with E-state index in [1.807, 2.05) is 61.7 Å². The number of carboxylic acid groups (broad SMARTS) is 1. The fraction of sp³-hybridized carbons (Fsp3) is 0.200. The lowest BCUT2D eigenvalue weighted by molar-refractivity contribution is -0.139. The smallest absolute Gasteiger partial charge is 0.326 e. The lowest BCUT2D eigenvalue weighted by Crippen LogP contribution is -2.42. The third-order valence-electron chi connectivity index (χ3n) is 4.22. The molecule has 0 saturated heterocycles. The number of aromatic amines is 1. The van der Waals surface area contributed by atoms with Crippen LogP contribution in [0, 0.1) is 6.92 Å². The van der Waals surface area contributed by atoms with Crippen molar-refractivity contribution >= 4 is 34.1 Å². The predicted octanol–water partition coefficient (Wildman–Crippen LogP) is 3.63. The lowest BCUT2D eigenvalue weighted by Gasteiger charge is -2.16. The maximum atomic E-state index is 11.7. The molecule has 0 fully saturated rings. The number of fused-ring (bicyclic) bond motifs is 1. The van der Waals surface area contributed by atoms with Crippen molar-refractivity contribution < 1.29 is 9.90 Å². The Morgan fingerprint density at radius 3 is 2.64 bits per heavy atom. The molecule has 1 heterocycles. The number of carbonyl (C=O) groups is 1. The molecular formula is C20H20N2O2S. The van der Waals surface area contributed by atoms with Gasteiger partial charge in [0.15, 0.2) is 0 Å². The molecule has 1 aromatic heterocycles. The molecule has 0 unspecified atom stereocenters. The fourth-order valence-electron chi connectivity index (χ4n) is 2.86. The minimum Gasteiger partial charge on any atom is -0.480 e. The van der Waals surface area contributed by atoms with Gasteiger partial charge in [-0.2, -0.15) is 0 Å². The van der Waals surface area contributed by atoms with E-state index in [1.54, 1.807) is 0 Å². The Hall–Kier alpha value is -2.66. The molecule has 3 rings (SSSR count). The van der Waals surface area contributed by atoms with Crippen LogP contribution in [0.4, 0.5) is 0 Å². The van der Waals surface area contributed by atoms with Gasteiger partial charge >= 0.3 is 5.97 Å². The summed E-state index contributed by atoms with van der Waals surface area (Å²) in [7, 11) is 0. The Kier molecular flexibility index (Phi) is 5.14. The first-order valence-electron chi connectivity index (χ1n) is 8.15. The van der Waals surface area contributed by atoms with Crippen LogP contribution in [0.5, 0.6) is 0 Å². The molecule has 0 aliphatic heterocycles. The Labute approximate surface area is 151 Å². The van der Waals surface area contributed by atoms with E-state index in [0.29, 0.717) is 17.8 Å². The van der Waals surface area contributed by atoms with E-state index in [-0.39, 0.29) is 0 Å². The SMILES string of the molecule is Cc1ccc(CC(=S)N[C@@H](Cc2c[nH]c3ccccc23)C(=O)O)cc1. The number of aromatic nitrogens is 1. The van der Waals surface area contributed by atoms with E-state index in [0.717, 1.165) is 22.0 Å². The molecule has 0 spiro atoms. The highest BCUT2D eigenvalue weighted by atomic mass is 32.1. The number of rotatable bonds is 6. The van der Waals surface area contributed by atoms with Gasteiger partial charge in [0, 0.05) is 29.9 Å². The normalized spacial score (nSPS) is 12.0. The van der Waals surface area contributed by atoms with E-state index in [9.17, 15) is 9.90 Å². The number of thiocarbonyl (C=S) groups is 1. The molecule has 0 saturated carbocycles. The second kappa shape index (κ2) is 7.49.